The number of esters is 4. The van der Waals surface area contributed by atoms with Crippen LogP contribution in [0.4, 0.5) is 0 Å². The lowest BCUT2D eigenvalue weighted by atomic mass is 10.2. The summed E-state index contributed by atoms with van der Waals surface area (Å²) in [5.74, 6) is -1.19. The van der Waals surface area contributed by atoms with E-state index in [1.807, 2.05) is 13.8 Å². The van der Waals surface area contributed by atoms with Crippen LogP contribution in [0, 0.1) is 0 Å². The summed E-state index contributed by atoms with van der Waals surface area (Å²) in [4.78, 5) is 46.8. The van der Waals surface area contributed by atoms with E-state index in [0.717, 1.165) is 12.2 Å². The number of ether oxygens (including phenoxy) is 6. The van der Waals surface area contributed by atoms with Crippen LogP contribution in [-0.2, 0) is 19.1 Å². The van der Waals surface area contributed by atoms with E-state index >= 15 is 0 Å². The van der Waals surface area contributed by atoms with Gasteiger partial charge < -0.3 is 28.4 Å². The van der Waals surface area contributed by atoms with Gasteiger partial charge in [0.15, 0.2) is 0 Å². The van der Waals surface area contributed by atoms with Crippen LogP contribution in [0.3, 0.4) is 0 Å². The van der Waals surface area contributed by atoms with Crippen LogP contribution in [0.2, 0.25) is 0 Å². The maximum absolute atomic E-state index is 12.4. The molecule has 3 aromatic carbocycles. The van der Waals surface area contributed by atoms with Gasteiger partial charge in [0.05, 0.1) is 11.1 Å². The number of rotatable bonds is 12. The molecule has 0 aliphatic rings. The molecular weight excluding hydrogens is 520 g/mol. The van der Waals surface area contributed by atoms with E-state index in [2.05, 4.69) is 13.2 Å². The van der Waals surface area contributed by atoms with Gasteiger partial charge in [0, 0.05) is 12.2 Å². The van der Waals surface area contributed by atoms with Crippen molar-refractivity contribution in [3.63, 3.8) is 0 Å². The third-order valence-electron chi connectivity index (χ3n) is 4.61. The minimum Gasteiger partial charge on any atom is -0.457 e. The molecule has 0 fully saturated rings. The van der Waals surface area contributed by atoms with Crippen molar-refractivity contribution in [2.24, 2.45) is 0 Å². The van der Waals surface area contributed by atoms with Crippen molar-refractivity contribution >= 4 is 23.9 Å². The van der Waals surface area contributed by atoms with E-state index in [0.29, 0.717) is 11.5 Å². The third kappa shape index (κ3) is 10.2. The van der Waals surface area contributed by atoms with Gasteiger partial charge in [0.2, 0.25) is 13.6 Å². The average Bonchev–Trinajstić information content (AvgIpc) is 2.99. The Labute approximate surface area is 231 Å². The molecule has 3 aromatic rings. The lowest BCUT2D eigenvalue weighted by molar-refractivity contribution is -0.145. The summed E-state index contributed by atoms with van der Waals surface area (Å²) in [6.07, 6.45) is 2.04. The third-order valence-corrected chi connectivity index (χ3v) is 4.61. The summed E-state index contributed by atoms with van der Waals surface area (Å²) < 4.78 is 30.5. The summed E-state index contributed by atoms with van der Waals surface area (Å²) >= 11 is 0. The molecule has 10 heteroatoms. The molecule has 0 heterocycles. The maximum Gasteiger partial charge on any atom is 0.343 e. The molecule has 10 nitrogen and oxygen atoms in total. The second kappa shape index (κ2) is 16.5. The van der Waals surface area contributed by atoms with E-state index in [1.165, 1.54) is 72.8 Å². The molecule has 0 aliphatic heterocycles. The second-order valence-corrected chi connectivity index (χ2v) is 7.16. The zero-order valence-electron chi connectivity index (χ0n) is 22.0. The molecule has 0 aliphatic carbocycles. The zero-order valence-corrected chi connectivity index (χ0v) is 22.0. The molecule has 0 saturated carbocycles. The van der Waals surface area contributed by atoms with E-state index in [-0.39, 0.29) is 36.2 Å². The van der Waals surface area contributed by atoms with Gasteiger partial charge in [-0.3, -0.25) is 0 Å². The van der Waals surface area contributed by atoms with Gasteiger partial charge in [-0.05, 0) is 72.8 Å². The van der Waals surface area contributed by atoms with Gasteiger partial charge in [0.1, 0.15) is 23.0 Å². The molecule has 3 rings (SSSR count). The second-order valence-electron chi connectivity index (χ2n) is 7.16. The highest BCUT2D eigenvalue weighted by atomic mass is 16.7. The minimum absolute atomic E-state index is 0.241. The quantitative estimate of drug-likeness (QED) is 0.128. The standard InChI is InChI=1S/C28H22O10.C2H6/c1-3-25(29)35-17-33-21-9-5-19(6-10-21)27(31)37-23-13-15-24(16-14-23)38-28(32)20-7-11-22(12-8-20)34-18-36-26(30)4-2;1-2/h3-16H,1-2,17-18H2;1-2H3. The maximum atomic E-state index is 12.4. The number of hydrogen-bond acceptors (Lipinski definition) is 10. The van der Waals surface area contributed by atoms with Gasteiger partial charge in [0.25, 0.3) is 0 Å². The Morgan fingerprint density at radius 3 is 1.15 bits per heavy atom. The van der Waals surface area contributed by atoms with Crippen molar-refractivity contribution in [2.75, 3.05) is 13.6 Å². The Morgan fingerprint density at radius 2 is 0.850 bits per heavy atom. The Morgan fingerprint density at radius 1 is 0.550 bits per heavy atom. The fourth-order valence-electron chi connectivity index (χ4n) is 2.71. The number of carbonyl (C=O) groups is 4. The highest BCUT2D eigenvalue weighted by Gasteiger charge is 2.12. The molecule has 0 N–H and O–H groups in total. The van der Waals surface area contributed by atoms with Crippen LogP contribution >= 0.6 is 0 Å². The molecule has 0 amide bonds. The van der Waals surface area contributed by atoms with Crippen molar-refractivity contribution in [2.45, 2.75) is 13.8 Å². The molecule has 40 heavy (non-hydrogen) atoms. The summed E-state index contributed by atoms with van der Waals surface area (Å²) in [6, 6.07) is 18.0. The van der Waals surface area contributed by atoms with Crippen LogP contribution in [-0.4, -0.2) is 37.5 Å². The fraction of sp³-hybridized carbons (Fsp3) is 0.133. The van der Waals surface area contributed by atoms with Crippen LogP contribution < -0.4 is 18.9 Å². The smallest absolute Gasteiger partial charge is 0.343 e. The predicted molar refractivity (Wildman–Crippen MR) is 144 cm³/mol. The molecule has 208 valence electrons. The molecule has 0 unspecified atom stereocenters. The first-order valence-electron chi connectivity index (χ1n) is 12.0. The first kappa shape index (κ1) is 30.8. The monoisotopic (exact) mass is 548 g/mol. The van der Waals surface area contributed by atoms with E-state index in [1.54, 1.807) is 0 Å². The van der Waals surface area contributed by atoms with Crippen molar-refractivity contribution < 1.29 is 47.6 Å². The van der Waals surface area contributed by atoms with Crippen LogP contribution in [0.1, 0.15) is 34.6 Å². The van der Waals surface area contributed by atoms with Gasteiger partial charge in [-0.2, -0.15) is 0 Å². The number of hydrogen-bond donors (Lipinski definition) is 0. The normalized spacial score (nSPS) is 9.55. The van der Waals surface area contributed by atoms with E-state index < -0.39 is 23.9 Å². The molecule has 0 saturated heterocycles. The Kier molecular flexibility index (Phi) is 12.7. The van der Waals surface area contributed by atoms with Crippen LogP contribution in [0.15, 0.2) is 98.1 Å². The van der Waals surface area contributed by atoms with Gasteiger partial charge in [-0.1, -0.05) is 27.0 Å². The Bertz CT molecular complexity index is 1190. The van der Waals surface area contributed by atoms with Crippen molar-refractivity contribution in [3.8, 4) is 23.0 Å². The molecule has 0 atom stereocenters. The first-order valence-corrected chi connectivity index (χ1v) is 12.0. The predicted octanol–water partition coefficient (Wildman–Crippen LogP) is 5.28. The molecule has 0 aromatic heterocycles. The molecule has 0 radical (unpaired) electrons. The Balaban J connectivity index is 0.00000274. The van der Waals surface area contributed by atoms with Gasteiger partial charge >= 0.3 is 23.9 Å². The number of benzene rings is 3. The Hall–Kier alpha value is -5.38. The van der Waals surface area contributed by atoms with Crippen LogP contribution in [0.5, 0.6) is 23.0 Å². The zero-order chi connectivity index (χ0) is 29.3. The van der Waals surface area contributed by atoms with E-state index in [4.69, 9.17) is 28.4 Å². The largest absolute Gasteiger partial charge is 0.457 e. The topological polar surface area (TPSA) is 124 Å². The van der Waals surface area contributed by atoms with Crippen molar-refractivity contribution in [1.82, 2.24) is 0 Å². The van der Waals surface area contributed by atoms with E-state index in [9.17, 15) is 19.2 Å². The highest BCUT2D eigenvalue weighted by molar-refractivity contribution is 5.92. The summed E-state index contributed by atoms with van der Waals surface area (Å²) in [5.41, 5.74) is 0.532. The van der Waals surface area contributed by atoms with Crippen molar-refractivity contribution in [1.29, 1.82) is 0 Å². The molecular formula is C30H28O10. The summed E-state index contributed by atoms with van der Waals surface area (Å²) in [6.45, 7) is 9.97. The lowest BCUT2D eigenvalue weighted by Crippen LogP contribution is -2.10. The van der Waals surface area contributed by atoms with Gasteiger partial charge in [-0.15, -0.1) is 0 Å². The molecule has 0 spiro atoms. The first-order chi connectivity index (χ1) is 19.4. The summed E-state index contributed by atoms with van der Waals surface area (Å²) in [7, 11) is 0. The lowest BCUT2D eigenvalue weighted by Gasteiger charge is -2.09. The van der Waals surface area contributed by atoms with Crippen molar-refractivity contribution in [3.05, 3.63) is 109 Å². The highest BCUT2D eigenvalue weighted by Crippen LogP contribution is 2.21. The summed E-state index contributed by atoms with van der Waals surface area (Å²) in [5, 5.41) is 0. The minimum atomic E-state index is -0.614. The fourth-order valence-corrected chi connectivity index (χ4v) is 2.71. The van der Waals surface area contributed by atoms with Crippen LogP contribution in [0.25, 0.3) is 0 Å². The average molecular weight is 549 g/mol. The SMILES string of the molecule is C=CC(=O)OCOc1ccc(C(=O)Oc2ccc(OC(=O)c3ccc(OCOC(=O)C=C)cc3)cc2)cc1.CC. The molecule has 0 bridgehead atoms. The number of carbonyl (C=O) groups excluding carboxylic acids is 4. The van der Waals surface area contributed by atoms with Gasteiger partial charge in [-0.25, -0.2) is 19.2 Å².